The van der Waals surface area contributed by atoms with Crippen LogP contribution in [0.15, 0.2) is 42.5 Å². The van der Waals surface area contributed by atoms with Gasteiger partial charge in [0.1, 0.15) is 5.82 Å². The Balaban J connectivity index is 1.30. The molecule has 4 amide bonds. The maximum atomic E-state index is 13.4. The Hall–Kier alpha value is -3.18. The number of halogens is 1. The van der Waals surface area contributed by atoms with Gasteiger partial charge in [-0.2, -0.15) is 12.7 Å². The summed E-state index contributed by atoms with van der Waals surface area (Å²) in [6.45, 7) is 1.44. The number of carbonyl (C=O) groups excluding carboxylic acids is 2. The van der Waals surface area contributed by atoms with Crippen LogP contribution in [-0.2, 0) is 23.3 Å². The van der Waals surface area contributed by atoms with Crippen LogP contribution in [-0.4, -0.2) is 61.8 Å². The number of amides is 4. The van der Waals surface area contributed by atoms with Crippen molar-refractivity contribution < 1.29 is 22.4 Å². The predicted octanol–water partition coefficient (Wildman–Crippen LogP) is 3.07. The van der Waals surface area contributed by atoms with Crippen molar-refractivity contribution in [3.05, 3.63) is 65.0 Å². The molecular weight excluding hydrogens is 461 g/mol. The third-order valence-corrected chi connectivity index (χ3v) is 7.71. The highest BCUT2D eigenvalue weighted by Gasteiger charge is 2.30. The number of benzene rings is 2. The van der Waals surface area contributed by atoms with E-state index < -0.39 is 16.2 Å². The van der Waals surface area contributed by atoms with Gasteiger partial charge >= 0.3 is 22.3 Å². The van der Waals surface area contributed by atoms with Gasteiger partial charge in [-0.15, -0.1) is 0 Å². The number of fused-ring (bicyclic) bond motifs is 1. The SMILES string of the molecule is CN(C)C(=O)NS(=O)(=O)N1CCC(c2ccc(NC(=O)N3Cc4ccc(F)cc4C3)cc2)CC1. The summed E-state index contributed by atoms with van der Waals surface area (Å²) in [6.07, 6.45) is 1.26. The smallest absolute Gasteiger partial charge is 0.330 e. The Kier molecular flexibility index (Phi) is 6.76. The minimum absolute atomic E-state index is 0.184. The lowest BCUT2D eigenvalue weighted by atomic mass is 9.90. The summed E-state index contributed by atoms with van der Waals surface area (Å²) >= 11 is 0. The Morgan fingerprint density at radius 2 is 1.65 bits per heavy atom. The molecule has 0 saturated carbocycles. The minimum Gasteiger partial charge on any atom is -0.330 e. The zero-order chi connectivity index (χ0) is 24.5. The molecule has 2 aromatic rings. The first-order valence-corrected chi connectivity index (χ1v) is 12.5. The van der Waals surface area contributed by atoms with Crippen LogP contribution >= 0.6 is 0 Å². The molecule has 0 aromatic heterocycles. The number of nitrogens with zero attached hydrogens (tertiary/aromatic N) is 3. The fraction of sp³-hybridized carbons (Fsp3) is 0.391. The summed E-state index contributed by atoms with van der Waals surface area (Å²) in [5.74, 6) is -0.123. The molecule has 0 unspecified atom stereocenters. The van der Waals surface area contributed by atoms with E-state index in [4.69, 9.17) is 0 Å². The van der Waals surface area contributed by atoms with Crippen LogP contribution in [0.3, 0.4) is 0 Å². The molecule has 1 saturated heterocycles. The van der Waals surface area contributed by atoms with Crippen LogP contribution in [0, 0.1) is 5.82 Å². The molecule has 2 aliphatic heterocycles. The molecular formula is C23H28FN5O4S. The molecule has 0 atom stereocenters. The standard InChI is InChI=1S/C23H28FN5O4S/c1-27(2)23(31)26-34(32,33)29-11-9-17(10-12-29)16-4-7-21(8-5-16)25-22(30)28-14-18-3-6-20(24)13-19(18)15-28/h3-8,13,17H,9-12,14-15H2,1-2H3,(H,25,30)(H,26,31). The van der Waals surface area contributed by atoms with Gasteiger partial charge in [0.25, 0.3) is 0 Å². The zero-order valence-electron chi connectivity index (χ0n) is 19.1. The molecule has 9 nitrogen and oxygen atoms in total. The molecule has 2 N–H and O–H groups in total. The lowest BCUT2D eigenvalue weighted by Gasteiger charge is -2.31. The van der Waals surface area contributed by atoms with E-state index in [-0.39, 0.29) is 17.8 Å². The van der Waals surface area contributed by atoms with E-state index in [1.165, 1.54) is 35.4 Å². The molecule has 1 fully saturated rings. The fourth-order valence-electron chi connectivity index (χ4n) is 4.24. The highest BCUT2D eigenvalue weighted by atomic mass is 32.2. The number of hydrogen-bond donors (Lipinski definition) is 2. The molecule has 11 heteroatoms. The van der Waals surface area contributed by atoms with E-state index in [2.05, 4.69) is 10.0 Å². The molecule has 182 valence electrons. The number of hydrogen-bond acceptors (Lipinski definition) is 4. The van der Waals surface area contributed by atoms with E-state index in [0.29, 0.717) is 44.7 Å². The van der Waals surface area contributed by atoms with Gasteiger partial charge in [-0.05, 0) is 59.7 Å². The number of piperidine rings is 1. The average molecular weight is 490 g/mol. The number of anilines is 1. The molecule has 0 radical (unpaired) electrons. The van der Waals surface area contributed by atoms with Crippen LogP contribution in [0.25, 0.3) is 0 Å². The summed E-state index contributed by atoms with van der Waals surface area (Å²) < 4.78 is 41.6. The van der Waals surface area contributed by atoms with E-state index >= 15 is 0 Å². The maximum Gasteiger partial charge on any atom is 0.331 e. The lowest BCUT2D eigenvalue weighted by Crippen LogP contribution is -2.49. The Labute approximate surface area is 198 Å². The van der Waals surface area contributed by atoms with Gasteiger partial charge in [-0.1, -0.05) is 18.2 Å². The molecule has 0 aliphatic carbocycles. The van der Waals surface area contributed by atoms with Crippen LogP contribution < -0.4 is 10.0 Å². The average Bonchev–Trinajstić information content (AvgIpc) is 3.23. The Morgan fingerprint density at radius 3 is 2.29 bits per heavy atom. The topological polar surface area (TPSA) is 102 Å². The van der Waals surface area contributed by atoms with Gasteiger partial charge in [0, 0.05) is 46.0 Å². The second-order valence-corrected chi connectivity index (χ2v) is 10.5. The Bertz CT molecular complexity index is 1180. The fourth-order valence-corrected chi connectivity index (χ4v) is 5.47. The van der Waals surface area contributed by atoms with Crippen LogP contribution in [0.2, 0.25) is 0 Å². The van der Waals surface area contributed by atoms with Crippen LogP contribution in [0.5, 0.6) is 0 Å². The molecule has 0 spiro atoms. The van der Waals surface area contributed by atoms with Crippen molar-refractivity contribution in [1.29, 1.82) is 0 Å². The predicted molar refractivity (Wildman–Crippen MR) is 126 cm³/mol. The molecule has 34 heavy (non-hydrogen) atoms. The van der Waals surface area contributed by atoms with Crippen molar-refractivity contribution in [3.63, 3.8) is 0 Å². The highest BCUT2D eigenvalue weighted by molar-refractivity contribution is 7.87. The van der Waals surface area contributed by atoms with Crippen molar-refractivity contribution in [3.8, 4) is 0 Å². The summed E-state index contributed by atoms with van der Waals surface area (Å²) in [7, 11) is -0.904. The summed E-state index contributed by atoms with van der Waals surface area (Å²) in [5, 5.41) is 2.88. The monoisotopic (exact) mass is 489 g/mol. The summed E-state index contributed by atoms with van der Waals surface area (Å²) in [5.41, 5.74) is 3.49. The molecule has 4 rings (SSSR count). The van der Waals surface area contributed by atoms with Gasteiger partial charge in [0.15, 0.2) is 0 Å². The first kappa shape index (κ1) is 24.0. The second-order valence-electron chi connectivity index (χ2n) is 8.80. The van der Waals surface area contributed by atoms with E-state index in [1.54, 1.807) is 11.0 Å². The quantitative estimate of drug-likeness (QED) is 0.689. The third-order valence-electron chi connectivity index (χ3n) is 6.23. The first-order chi connectivity index (χ1) is 16.1. The highest BCUT2D eigenvalue weighted by Crippen LogP contribution is 2.30. The van der Waals surface area contributed by atoms with Gasteiger partial charge in [-0.25, -0.2) is 18.7 Å². The lowest BCUT2D eigenvalue weighted by molar-refractivity contribution is 0.212. The molecule has 2 aromatic carbocycles. The molecule has 2 heterocycles. The Morgan fingerprint density at radius 1 is 1.00 bits per heavy atom. The molecule has 2 aliphatic rings. The van der Waals surface area contributed by atoms with Crippen molar-refractivity contribution in [2.24, 2.45) is 0 Å². The maximum absolute atomic E-state index is 13.4. The van der Waals surface area contributed by atoms with E-state index in [9.17, 15) is 22.4 Å². The van der Waals surface area contributed by atoms with E-state index in [1.807, 2.05) is 24.3 Å². The van der Waals surface area contributed by atoms with Gasteiger partial charge in [0.05, 0.1) is 0 Å². The molecule has 0 bridgehead atoms. The van der Waals surface area contributed by atoms with Crippen molar-refractivity contribution in [1.82, 2.24) is 18.8 Å². The zero-order valence-corrected chi connectivity index (χ0v) is 19.9. The number of rotatable bonds is 4. The van der Waals surface area contributed by atoms with Gasteiger partial charge < -0.3 is 15.1 Å². The van der Waals surface area contributed by atoms with Gasteiger partial charge in [0.2, 0.25) is 0 Å². The third kappa shape index (κ3) is 5.31. The second kappa shape index (κ2) is 9.59. The number of urea groups is 2. The number of nitrogens with one attached hydrogen (secondary N) is 2. The van der Waals surface area contributed by atoms with Crippen molar-refractivity contribution >= 4 is 28.0 Å². The summed E-state index contributed by atoms with van der Waals surface area (Å²) in [6, 6.07) is 11.2. The largest absolute Gasteiger partial charge is 0.331 e. The number of carbonyl (C=O) groups is 2. The van der Waals surface area contributed by atoms with Crippen LogP contribution in [0.1, 0.15) is 35.4 Å². The van der Waals surface area contributed by atoms with Gasteiger partial charge in [-0.3, -0.25) is 0 Å². The van der Waals surface area contributed by atoms with Crippen LogP contribution in [0.4, 0.5) is 19.7 Å². The summed E-state index contributed by atoms with van der Waals surface area (Å²) in [4.78, 5) is 27.1. The minimum atomic E-state index is -3.86. The first-order valence-electron chi connectivity index (χ1n) is 11.0. The van der Waals surface area contributed by atoms with E-state index in [0.717, 1.165) is 16.7 Å². The normalized spacial score (nSPS) is 16.7. The van der Waals surface area contributed by atoms with Crippen molar-refractivity contribution in [2.45, 2.75) is 31.8 Å². The van der Waals surface area contributed by atoms with Crippen molar-refractivity contribution in [2.75, 3.05) is 32.5 Å².